The van der Waals surface area contributed by atoms with Crippen LogP contribution in [-0.4, -0.2) is 62.2 Å². The molecule has 2 aliphatic carbocycles. The van der Waals surface area contributed by atoms with Crippen molar-refractivity contribution in [3.8, 4) is 28.5 Å². The van der Waals surface area contributed by atoms with Gasteiger partial charge in [-0.25, -0.2) is 9.97 Å². The second kappa shape index (κ2) is 10.1. The lowest BCUT2D eigenvalue weighted by Crippen LogP contribution is -2.41. The van der Waals surface area contributed by atoms with E-state index in [4.69, 9.17) is 20.4 Å². The predicted octanol–water partition coefficient (Wildman–Crippen LogP) is 5.60. The number of anilines is 1. The molecule has 0 radical (unpaired) electrons. The maximum atomic E-state index is 13.7. The minimum Gasteiger partial charge on any atom is -0.494 e. The van der Waals surface area contributed by atoms with Crippen LogP contribution in [0.4, 0.5) is 5.69 Å². The van der Waals surface area contributed by atoms with Crippen LogP contribution in [0.15, 0.2) is 48.5 Å². The number of imidazole rings is 1. The number of likely N-dealkylation sites (tertiary alicyclic amines) is 1. The van der Waals surface area contributed by atoms with E-state index in [-0.39, 0.29) is 18.0 Å². The molecular formula is C36H39N7O2. The van der Waals surface area contributed by atoms with Gasteiger partial charge in [0.25, 0.3) is 5.91 Å². The van der Waals surface area contributed by atoms with Crippen molar-refractivity contribution in [1.29, 1.82) is 0 Å². The van der Waals surface area contributed by atoms with Gasteiger partial charge in [0.1, 0.15) is 16.9 Å². The average Bonchev–Trinajstić information content (AvgIpc) is 3.47. The molecule has 3 atom stereocenters. The Morgan fingerprint density at radius 3 is 2.73 bits per heavy atom. The largest absolute Gasteiger partial charge is 0.494 e. The Morgan fingerprint density at radius 1 is 1.07 bits per heavy atom. The van der Waals surface area contributed by atoms with E-state index in [1.54, 1.807) is 7.11 Å². The summed E-state index contributed by atoms with van der Waals surface area (Å²) in [5.74, 6) is 2.55. The molecule has 2 saturated carbocycles. The first-order valence-corrected chi connectivity index (χ1v) is 16.5. The number of nitrogens with one attached hydrogen (secondary N) is 1. The number of carbonyl (C=O) groups excluding carboxylic acids is 1. The summed E-state index contributed by atoms with van der Waals surface area (Å²) in [6.45, 7) is 2.65. The third-order valence-electron chi connectivity index (χ3n) is 10.8. The number of aryl methyl sites for hydroxylation is 2. The zero-order valence-electron chi connectivity index (χ0n) is 25.9. The van der Waals surface area contributed by atoms with E-state index in [1.807, 2.05) is 24.1 Å². The average molecular weight is 602 g/mol. The summed E-state index contributed by atoms with van der Waals surface area (Å²) in [7, 11) is 3.69. The highest BCUT2D eigenvalue weighted by atomic mass is 16.5. The van der Waals surface area contributed by atoms with Gasteiger partial charge in [-0.3, -0.25) is 4.79 Å². The number of benzene rings is 2. The monoisotopic (exact) mass is 601 g/mol. The number of amides is 1. The molecule has 9 rings (SSSR count). The maximum absolute atomic E-state index is 13.7. The van der Waals surface area contributed by atoms with Crippen LogP contribution in [0.2, 0.25) is 0 Å². The number of ether oxygens (including phenoxy) is 1. The minimum absolute atomic E-state index is 0.0157. The molecule has 1 amide bonds. The van der Waals surface area contributed by atoms with E-state index in [2.05, 4.69) is 50.8 Å². The van der Waals surface area contributed by atoms with E-state index in [9.17, 15) is 4.79 Å². The molecule has 2 aliphatic heterocycles. The number of rotatable bonds is 6. The molecule has 230 valence electrons. The fourth-order valence-electron chi connectivity index (χ4n) is 8.10. The highest BCUT2D eigenvalue weighted by Gasteiger charge is 2.47. The molecule has 9 heteroatoms. The molecule has 2 bridgehead atoms. The van der Waals surface area contributed by atoms with Crippen molar-refractivity contribution in [2.45, 2.75) is 57.2 Å². The molecule has 4 aliphatic rings. The second-order valence-corrected chi connectivity index (χ2v) is 13.6. The van der Waals surface area contributed by atoms with E-state index in [0.29, 0.717) is 23.1 Å². The molecule has 3 N–H and O–H groups in total. The van der Waals surface area contributed by atoms with Gasteiger partial charge in [0.2, 0.25) is 0 Å². The Balaban J connectivity index is 1.14. The number of aromatic nitrogens is 4. The molecule has 5 aromatic rings. The first-order chi connectivity index (χ1) is 22.0. The van der Waals surface area contributed by atoms with Crippen molar-refractivity contribution in [3.05, 3.63) is 59.7 Å². The molecular weight excluding hydrogens is 562 g/mol. The Hall–Kier alpha value is -4.37. The van der Waals surface area contributed by atoms with Gasteiger partial charge in [0.15, 0.2) is 5.82 Å². The lowest BCUT2D eigenvalue weighted by molar-refractivity contribution is 0.0700. The standard InChI is InChI=1S/C36H39N7O2/c1-41-33-28(15-25(17-31(33)45-2)36(44)43-19-24-10-12-29(43)32(24)37)40-35(41)30-16-23-9-11-26(39-34(23)42(30)18-20-5-6-20)22-8-7-21-4-3-13-38-27(21)14-22/h7-9,11,14-17,20,24,29,32,38H,3-6,10,12-13,18-19,37H2,1-2H3/t24-,29-,32-/m1/s1. The number of methoxy groups -OCH3 is 1. The quantitative estimate of drug-likeness (QED) is 0.263. The van der Waals surface area contributed by atoms with Crippen LogP contribution in [0.1, 0.15) is 48.0 Å². The lowest BCUT2D eigenvalue weighted by Gasteiger charge is -2.27. The Kier molecular flexibility index (Phi) is 6.04. The summed E-state index contributed by atoms with van der Waals surface area (Å²) >= 11 is 0. The fourth-order valence-corrected chi connectivity index (χ4v) is 8.10. The smallest absolute Gasteiger partial charge is 0.254 e. The second-order valence-electron chi connectivity index (χ2n) is 13.6. The van der Waals surface area contributed by atoms with Gasteiger partial charge in [-0.2, -0.15) is 0 Å². The van der Waals surface area contributed by atoms with Gasteiger partial charge in [-0.15, -0.1) is 0 Å². The normalized spacial score (nSPS) is 22.3. The third kappa shape index (κ3) is 4.27. The molecule has 1 saturated heterocycles. The van der Waals surface area contributed by atoms with Crippen LogP contribution >= 0.6 is 0 Å². The molecule has 0 spiro atoms. The number of nitrogens with two attached hydrogens (primary N) is 1. The highest BCUT2D eigenvalue weighted by Crippen LogP contribution is 2.40. The van der Waals surface area contributed by atoms with Crippen molar-refractivity contribution in [1.82, 2.24) is 24.0 Å². The molecule has 2 aromatic carbocycles. The van der Waals surface area contributed by atoms with Crippen molar-refractivity contribution >= 4 is 33.7 Å². The Labute approximate surface area is 262 Å². The minimum atomic E-state index is 0.0157. The summed E-state index contributed by atoms with van der Waals surface area (Å²) in [5.41, 5.74) is 15.4. The topological polar surface area (TPSA) is 103 Å². The number of pyridine rings is 1. The van der Waals surface area contributed by atoms with Crippen molar-refractivity contribution < 1.29 is 9.53 Å². The first kappa shape index (κ1) is 27.0. The molecule has 3 fully saturated rings. The summed E-state index contributed by atoms with van der Waals surface area (Å²) < 4.78 is 10.3. The summed E-state index contributed by atoms with van der Waals surface area (Å²) in [4.78, 5) is 26.1. The number of fused-ring (bicyclic) bond motifs is 5. The number of hydrogen-bond acceptors (Lipinski definition) is 6. The van der Waals surface area contributed by atoms with Crippen molar-refractivity contribution in [2.75, 3.05) is 25.5 Å². The third-order valence-corrected chi connectivity index (χ3v) is 10.8. The summed E-state index contributed by atoms with van der Waals surface area (Å²) in [5, 5.41) is 4.66. The fraction of sp³-hybridized carbons (Fsp3) is 0.417. The Morgan fingerprint density at radius 2 is 1.96 bits per heavy atom. The van der Waals surface area contributed by atoms with Crippen LogP contribution in [0, 0.1) is 11.8 Å². The SMILES string of the molecule is COc1cc(C(=O)N2C[C@H]3CC[C@@H]2[C@@H]3N)cc2nc(-c3cc4ccc(-c5ccc6c(c5)NCCC6)nc4n3CC3CC3)n(C)c12. The van der Waals surface area contributed by atoms with Crippen LogP contribution in [0.5, 0.6) is 5.75 Å². The molecule has 45 heavy (non-hydrogen) atoms. The predicted molar refractivity (Wildman–Crippen MR) is 176 cm³/mol. The molecule has 0 unspecified atom stereocenters. The van der Waals surface area contributed by atoms with Gasteiger partial charge in [0, 0.05) is 61.0 Å². The van der Waals surface area contributed by atoms with E-state index in [0.717, 1.165) is 83.7 Å². The zero-order chi connectivity index (χ0) is 30.4. The number of nitrogens with zero attached hydrogens (tertiary/aromatic N) is 5. The van der Waals surface area contributed by atoms with Crippen molar-refractivity contribution in [3.63, 3.8) is 0 Å². The van der Waals surface area contributed by atoms with Gasteiger partial charge < -0.3 is 29.8 Å². The molecule has 5 heterocycles. The van der Waals surface area contributed by atoms with Crippen molar-refractivity contribution in [2.24, 2.45) is 24.6 Å². The number of piperidine rings is 1. The number of hydrogen-bond donors (Lipinski definition) is 2. The molecule has 3 aromatic heterocycles. The lowest BCUT2D eigenvalue weighted by atomic mass is 10.00. The summed E-state index contributed by atoms with van der Waals surface area (Å²) in [6.07, 6.45) is 6.85. The first-order valence-electron chi connectivity index (χ1n) is 16.5. The van der Waals surface area contributed by atoms with E-state index < -0.39 is 0 Å². The van der Waals surface area contributed by atoms with E-state index >= 15 is 0 Å². The van der Waals surface area contributed by atoms with Crippen LogP contribution in [0.25, 0.3) is 44.8 Å². The van der Waals surface area contributed by atoms with Crippen LogP contribution in [0.3, 0.4) is 0 Å². The molecule has 9 nitrogen and oxygen atoms in total. The zero-order valence-corrected chi connectivity index (χ0v) is 25.9. The van der Waals surface area contributed by atoms with Gasteiger partial charge in [0.05, 0.1) is 24.0 Å². The van der Waals surface area contributed by atoms with Crippen LogP contribution in [-0.2, 0) is 20.0 Å². The van der Waals surface area contributed by atoms with E-state index in [1.165, 1.54) is 30.5 Å². The van der Waals surface area contributed by atoms with Gasteiger partial charge in [-0.05, 0) is 92.3 Å². The van der Waals surface area contributed by atoms with Gasteiger partial charge >= 0.3 is 0 Å². The number of carbonyl (C=O) groups is 1. The summed E-state index contributed by atoms with van der Waals surface area (Å²) in [6, 6.07) is 17.2. The maximum Gasteiger partial charge on any atom is 0.254 e. The van der Waals surface area contributed by atoms with Crippen LogP contribution < -0.4 is 15.8 Å². The van der Waals surface area contributed by atoms with Gasteiger partial charge in [-0.1, -0.05) is 12.1 Å². The highest BCUT2D eigenvalue weighted by molar-refractivity contribution is 6.00. The Bertz CT molecular complexity index is 2000.